The molecule has 0 N–H and O–H groups in total. The Hall–Kier alpha value is -1.30. The van der Waals surface area contributed by atoms with Crippen LogP contribution < -0.4 is 0 Å². The van der Waals surface area contributed by atoms with Gasteiger partial charge in [-0.25, -0.2) is 0 Å². The van der Waals surface area contributed by atoms with Crippen molar-refractivity contribution in [2.24, 2.45) is 23.2 Å². The van der Waals surface area contributed by atoms with Gasteiger partial charge in [-0.15, -0.1) is 0 Å². The van der Waals surface area contributed by atoms with Gasteiger partial charge in [0.2, 0.25) is 0 Å². The number of hydrogen-bond acceptors (Lipinski definition) is 5. The average molecular weight is 729 g/mol. The molecule has 3 saturated carbocycles. The van der Waals surface area contributed by atoms with Crippen LogP contribution in [0.25, 0.3) is 0 Å². The molecule has 0 aromatic heterocycles. The summed E-state index contributed by atoms with van der Waals surface area (Å²) in [6, 6.07) is 6.92. The summed E-state index contributed by atoms with van der Waals surface area (Å²) >= 11 is 0. The van der Waals surface area contributed by atoms with Gasteiger partial charge in [0.1, 0.15) is 0 Å². The van der Waals surface area contributed by atoms with E-state index in [1.807, 2.05) is 19.1 Å². The largest absolute Gasteiger partial charge is 0.410 e. The molecule has 5 nitrogen and oxygen atoms in total. The molecule has 0 heterocycles. The van der Waals surface area contributed by atoms with Gasteiger partial charge in [0, 0.05) is 0 Å². The lowest BCUT2D eigenvalue weighted by Crippen LogP contribution is -2.49. The second-order valence-corrected chi connectivity index (χ2v) is 30.0. The number of allylic oxidation sites excluding steroid dienone is 3. The number of hydrogen-bond donors (Lipinski definition) is 0. The van der Waals surface area contributed by atoms with E-state index in [0.717, 1.165) is 43.2 Å². The molecular formula is C41H68O5SSi2. The zero-order chi connectivity index (χ0) is 36.8. The summed E-state index contributed by atoms with van der Waals surface area (Å²) in [5, 5.41) is 0.232. The number of fused-ring (bicyclic) bond motifs is 1. The van der Waals surface area contributed by atoms with Crippen molar-refractivity contribution in [3.05, 3.63) is 65.3 Å². The van der Waals surface area contributed by atoms with E-state index in [1.165, 1.54) is 18.4 Å². The SMILES string of the molecule is C=C1[C@H](O[Si](C)(C)C(C)(C)C)CC(=C/C=C2\CCC[C@]3(C)[C@@H](C(C)COS(=O)(=O)c4ccc(C)cc4)CC[C@@H]23)C[C@H]1O[Si](C)(C)C(C)(C)C. The summed E-state index contributed by atoms with van der Waals surface area (Å²) in [4.78, 5) is 0.233. The van der Waals surface area contributed by atoms with Crippen LogP contribution >= 0.6 is 0 Å². The van der Waals surface area contributed by atoms with Crippen LogP contribution in [0, 0.1) is 30.1 Å². The Morgan fingerprint density at radius 1 is 0.918 bits per heavy atom. The van der Waals surface area contributed by atoms with Crippen molar-refractivity contribution in [3.63, 3.8) is 0 Å². The van der Waals surface area contributed by atoms with Crippen LogP contribution in [0.5, 0.6) is 0 Å². The van der Waals surface area contributed by atoms with Crippen molar-refractivity contribution in [2.45, 2.75) is 161 Å². The van der Waals surface area contributed by atoms with Crippen LogP contribution in [0.2, 0.25) is 36.3 Å². The number of aryl methyl sites for hydroxylation is 1. The van der Waals surface area contributed by atoms with E-state index in [9.17, 15) is 8.42 Å². The fourth-order valence-corrected chi connectivity index (χ4v) is 11.6. The molecular weight excluding hydrogens is 661 g/mol. The van der Waals surface area contributed by atoms with Gasteiger partial charge in [0.05, 0.1) is 23.7 Å². The Bertz CT molecular complexity index is 1470. The molecule has 1 aromatic rings. The van der Waals surface area contributed by atoms with Crippen molar-refractivity contribution < 1.29 is 21.5 Å². The summed E-state index contributed by atoms with van der Waals surface area (Å²) in [6.45, 7) is 34.6. The molecule has 3 aliphatic rings. The minimum atomic E-state index is -3.78. The fourth-order valence-electron chi connectivity index (χ4n) is 7.99. The first-order valence-corrected chi connectivity index (χ1v) is 26.0. The average Bonchev–Trinajstić information content (AvgIpc) is 3.33. The van der Waals surface area contributed by atoms with E-state index in [0.29, 0.717) is 11.8 Å². The van der Waals surface area contributed by atoms with E-state index in [2.05, 4.69) is 100 Å². The summed E-state index contributed by atoms with van der Waals surface area (Å²) in [7, 11) is -7.83. The van der Waals surface area contributed by atoms with E-state index in [-0.39, 0.29) is 45.1 Å². The lowest BCUT2D eigenvalue weighted by Gasteiger charge is -2.46. The second kappa shape index (κ2) is 14.6. The molecule has 276 valence electrons. The first-order valence-electron chi connectivity index (χ1n) is 18.8. The highest BCUT2D eigenvalue weighted by molar-refractivity contribution is 7.86. The molecule has 3 fully saturated rings. The van der Waals surface area contributed by atoms with Gasteiger partial charge in [0.15, 0.2) is 16.6 Å². The zero-order valence-electron chi connectivity index (χ0n) is 33.2. The lowest BCUT2D eigenvalue weighted by molar-refractivity contribution is 0.0760. The molecule has 0 radical (unpaired) electrons. The Kier molecular flexibility index (Phi) is 12.1. The minimum Gasteiger partial charge on any atom is -0.410 e. The highest BCUT2D eigenvalue weighted by atomic mass is 32.2. The summed E-state index contributed by atoms with van der Waals surface area (Å²) in [5.74, 6) is 1.08. The highest BCUT2D eigenvalue weighted by Gasteiger charge is 2.51. The zero-order valence-corrected chi connectivity index (χ0v) is 36.0. The molecule has 49 heavy (non-hydrogen) atoms. The molecule has 0 saturated heterocycles. The van der Waals surface area contributed by atoms with Gasteiger partial charge in [-0.1, -0.05) is 103 Å². The molecule has 0 aliphatic heterocycles. The normalized spacial score (nSPS) is 28.9. The van der Waals surface area contributed by atoms with Crippen molar-refractivity contribution in [2.75, 3.05) is 6.61 Å². The maximum Gasteiger partial charge on any atom is 0.296 e. The van der Waals surface area contributed by atoms with E-state index >= 15 is 0 Å². The van der Waals surface area contributed by atoms with Crippen LogP contribution in [0.4, 0.5) is 0 Å². The molecule has 8 heteroatoms. The maximum atomic E-state index is 13.0. The van der Waals surface area contributed by atoms with Crippen LogP contribution in [-0.2, 0) is 23.2 Å². The van der Waals surface area contributed by atoms with Gasteiger partial charge < -0.3 is 8.85 Å². The Morgan fingerprint density at radius 3 is 1.96 bits per heavy atom. The smallest absolute Gasteiger partial charge is 0.296 e. The quantitative estimate of drug-likeness (QED) is 0.136. The van der Waals surface area contributed by atoms with Crippen LogP contribution in [0.1, 0.15) is 106 Å². The van der Waals surface area contributed by atoms with Crippen molar-refractivity contribution in [1.29, 1.82) is 0 Å². The predicted octanol–water partition coefficient (Wildman–Crippen LogP) is 11.5. The molecule has 6 atom stereocenters. The minimum absolute atomic E-state index is 0.0291. The standard InChI is InChI=1S/C41H68O5SSi2/c1-29-17-21-34(22-18-29)47(42,43)44-28-30(2)35-23-24-36-33(16-15-25-41(35,36)10)20-19-32-26-37(45-48(11,12)39(4,5)6)31(3)38(27-32)46-49(13,14)40(7,8)9/h17-22,30,35-38H,3,15-16,23-28H2,1-2,4-14H3/b33-20+/t30?,35-,36+,37-,38-,41-/m1/s1. The van der Waals surface area contributed by atoms with Crippen molar-refractivity contribution in [3.8, 4) is 0 Å². The molecule has 0 bridgehead atoms. The molecule has 1 unspecified atom stereocenters. The first kappa shape index (κ1) is 40.5. The Balaban J connectivity index is 1.54. The topological polar surface area (TPSA) is 61.8 Å². The molecule has 0 amide bonds. The van der Waals surface area contributed by atoms with Gasteiger partial charge >= 0.3 is 0 Å². The molecule has 0 spiro atoms. The predicted molar refractivity (Wildman–Crippen MR) is 210 cm³/mol. The summed E-state index contributed by atoms with van der Waals surface area (Å²) in [6.07, 6.45) is 12.3. The highest BCUT2D eigenvalue weighted by Crippen LogP contribution is 2.59. The van der Waals surface area contributed by atoms with Gasteiger partial charge in [-0.2, -0.15) is 8.42 Å². The van der Waals surface area contributed by atoms with Crippen LogP contribution in [0.15, 0.2) is 64.6 Å². The van der Waals surface area contributed by atoms with Crippen molar-refractivity contribution >= 4 is 26.8 Å². The number of rotatable bonds is 10. The maximum absolute atomic E-state index is 13.0. The van der Waals surface area contributed by atoms with E-state index in [1.54, 1.807) is 17.7 Å². The first-order chi connectivity index (χ1) is 22.4. The van der Waals surface area contributed by atoms with Crippen molar-refractivity contribution in [1.82, 2.24) is 0 Å². The Morgan fingerprint density at radius 2 is 1.45 bits per heavy atom. The monoisotopic (exact) mass is 728 g/mol. The summed E-state index contributed by atoms with van der Waals surface area (Å²) in [5.41, 5.74) is 5.24. The van der Waals surface area contributed by atoms with Crippen LogP contribution in [0.3, 0.4) is 0 Å². The van der Waals surface area contributed by atoms with E-state index < -0.39 is 26.8 Å². The molecule has 3 aliphatic carbocycles. The lowest BCUT2D eigenvalue weighted by atomic mass is 9.61. The van der Waals surface area contributed by atoms with Gasteiger partial charge in [-0.3, -0.25) is 4.18 Å². The fraction of sp³-hybridized carbons (Fsp3) is 0.707. The third-order valence-corrected chi connectivity index (χ3v) is 23.5. The van der Waals surface area contributed by atoms with Gasteiger partial charge in [0.25, 0.3) is 10.1 Å². The molecule has 1 aromatic carbocycles. The summed E-state index contributed by atoms with van der Waals surface area (Å²) < 4.78 is 45.8. The Labute approximate surface area is 302 Å². The number of benzene rings is 1. The third kappa shape index (κ3) is 9.02. The van der Waals surface area contributed by atoms with Crippen LogP contribution in [-0.4, -0.2) is 43.9 Å². The van der Waals surface area contributed by atoms with Gasteiger partial charge in [-0.05, 0) is 129 Å². The molecule has 4 rings (SSSR count). The third-order valence-electron chi connectivity index (χ3n) is 13.3. The second-order valence-electron chi connectivity index (χ2n) is 18.9. The van der Waals surface area contributed by atoms with E-state index in [4.69, 9.17) is 13.0 Å².